The van der Waals surface area contributed by atoms with Crippen LogP contribution in [0, 0.1) is 10.1 Å². The third-order valence-electron chi connectivity index (χ3n) is 3.23. The van der Waals surface area contributed by atoms with Crippen molar-refractivity contribution in [3.8, 4) is 0 Å². The summed E-state index contributed by atoms with van der Waals surface area (Å²) in [5, 5.41) is 14.5. The molecule has 18 heavy (non-hydrogen) atoms. The number of nitro benzene ring substituents is 1. The lowest BCUT2D eigenvalue weighted by molar-refractivity contribution is -0.384. The molecule has 5 nitrogen and oxygen atoms in total. The highest BCUT2D eigenvalue weighted by atomic mass is 79.9. The van der Waals surface area contributed by atoms with Crippen LogP contribution in [0.3, 0.4) is 0 Å². The third-order valence-corrected chi connectivity index (χ3v) is 3.72. The Bertz CT molecular complexity index is 476. The molecule has 0 atom stereocenters. The monoisotopic (exact) mass is 313 g/mol. The van der Waals surface area contributed by atoms with Gasteiger partial charge in [0.05, 0.1) is 4.92 Å². The molecule has 0 amide bonds. The van der Waals surface area contributed by atoms with E-state index in [0.29, 0.717) is 5.69 Å². The van der Waals surface area contributed by atoms with Gasteiger partial charge >= 0.3 is 0 Å². The number of hydrogen-bond acceptors (Lipinski definition) is 4. The van der Waals surface area contributed by atoms with Gasteiger partial charge in [0.15, 0.2) is 0 Å². The molecule has 0 unspecified atom stereocenters. The molecule has 1 aliphatic heterocycles. The number of benzene rings is 1. The van der Waals surface area contributed by atoms with E-state index in [4.69, 9.17) is 0 Å². The summed E-state index contributed by atoms with van der Waals surface area (Å²) in [5.74, 6) is 0. The molecule has 1 N–H and O–H groups in total. The first-order valence-electron chi connectivity index (χ1n) is 5.84. The van der Waals surface area contributed by atoms with Crippen LogP contribution < -0.4 is 10.2 Å². The van der Waals surface area contributed by atoms with Gasteiger partial charge in [0.25, 0.3) is 5.69 Å². The van der Waals surface area contributed by atoms with Crippen LogP contribution in [0.25, 0.3) is 0 Å². The summed E-state index contributed by atoms with van der Waals surface area (Å²) >= 11 is 3.28. The van der Waals surface area contributed by atoms with Crippen LogP contribution in [0.4, 0.5) is 11.4 Å². The van der Waals surface area contributed by atoms with Gasteiger partial charge in [0, 0.05) is 35.7 Å². The number of anilines is 1. The van der Waals surface area contributed by atoms with Crippen molar-refractivity contribution in [2.24, 2.45) is 0 Å². The van der Waals surface area contributed by atoms with Crippen molar-refractivity contribution in [2.45, 2.75) is 19.4 Å². The number of piperazine rings is 1. The van der Waals surface area contributed by atoms with Crippen molar-refractivity contribution in [1.29, 1.82) is 0 Å². The zero-order valence-corrected chi connectivity index (χ0v) is 12.0. The summed E-state index contributed by atoms with van der Waals surface area (Å²) in [5.41, 5.74) is 0.714. The van der Waals surface area contributed by atoms with Crippen molar-refractivity contribution >= 4 is 27.3 Å². The standard InChI is InChI=1S/C12H16BrN3O2/c1-12(2)8-14-5-6-15(12)10-4-3-9(13)7-11(10)16(17)18/h3-4,7,14H,5-6,8H2,1-2H3. The minimum atomic E-state index is -0.321. The van der Waals surface area contributed by atoms with Gasteiger partial charge in [-0.1, -0.05) is 15.9 Å². The van der Waals surface area contributed by atoms with Crippen LogP contribution in [0.15, 0.2) is 22.7 Å². The zero-order valence-electron chi connectivity index (χ0n) is 10.4. The summed E-state index contributed by atoms with van der Waals surface area (Å²) < 4.78 is 0.728. The first-order valence-corrected chi connectivity index (χ1v) is 6.63. The molecule has 0 aromatic heterocycles. The van der Waals surface area contributed by atoms with Gasteiger partial charge in [0.2, 0.25) is 0 Å². The Morgan fingerprint density at radius 2 is 2.22 bits per heavy atom. The fourth-order valence-electron chi connectivity index (χ4n) is 2.30. The molecule has 98 valence electrons. The quantitative estimate of drug-likeness (QED) is 0.673. The smallest absolute Gasteiger partial charge is 0.293 e. The van der Waals surface area contributed by atoms with Crippen molar-refractivity contribution < 1.29 is 4.92 Å². The predicted octanol–water partition coefficient (Wildman–Crippen LogP) is 2.55. The maximum absolute atomic E-state index is 11.2. The lowest BCUT2D eigenvalue weighted by atomic mass is 9.98. The number of rotatable bonds is 2. The molecular weight excluding hydrogens is 298 g/mol. The largest absolute Gasteiger partial charge is 0.358 e. The molecule has 1 fully saturated rings. The second-order valence-electron chi connectivity index (χ2n) is 5.03. The van der Waals surface area contributed by atoms with Crippen molar-refractivity contribution in [3.63, 3.8) is 0 Å². The van der Waals surface area contributed by atoms with Gasteiger partial charge in [-0.2, -0.15) is 0 Å². The average molecular weight is 314 g/mol. The maximum atomic E-state index is 11.2. The summed E-state index contributed by atoms with van der Waals surface area (Å²) in [7, 11) is 0. The average Bonchev–Trinajstić information content (AvgIpc) is 2.29. The maximum Gasteiger partial charge on any atom is 0.293 e. The fourth-order valence-corrected chi connectivity index (χ4v) is 2.65. The molecule has 1 aromatic carbocycles. The van der Waals surface area contributed by atoms with Crippen LogP contribution in [0.5, 0.6) is 0 Å². The Morgan fingerprint density at radius 1 is 1.50 bits per heavy atom. The topological polar surface area (TPSA) is 58.4 Å². The van der Waals surface area contributed by atoms with E-state index in [1.54, 1.807) is 6.07 Å². The molecule has 1 aromatic rings. The second-order valence-corrected chi connectivity index (χ2v) is 5.95. The summed E-state index contributed by atoms with van der Waals surface area (Å²) in [4.78, 5) is 13.0. The van der Waals surface area contributed by atoms with Gasteiger partial charge in [-0.05, 0) is 26.0 Å². The second kappa shape index (κ2) is 4.85. The zero-order chi connectivity index (χ0) is 13.3. The summed E-state index contributed by atoms with van der Waals surface area (Å²) in [6, 6.07) is 5.23. The van der Waals surface area contributed by atoms with Crippen LogP contribution in [0.1, 0.15) is 13.8 Å². The fraction of sp³-hybridized carbons (Fsp3) is 0.500. The number of nitrogens with one attached hydrogen (secondary N) is 1. The Labute approximate surface area is 114 Å². The minimum Gasteiger partial charge on any atom is -0.358 e. The molecule has 0 spiro atoms. The Morgan fingerprint density at radius 3 is 2.83 bits per heavy atom. The summed E-state index contributed by atoms with van der Waals surface area (Å²) in [6.07, 6.45) is 0. The van der Waals surface area contributed by atoms with E-state index in [1.807, 2.05) is 12.1 Å². The van der Waals surface area contributed by atoms with Crippen molar-refractivity contribution in [3.05, 3.63) is 32.8 Å². The van der Waals surface area contributed by atoms with Gasteiger partial charge < -0.3 is 10.2 Å². The van der Waals surface area contributed by atoms with Gasteiger partial charge in [0.1, 0.15) is 5.69 Å². The molecule has 6 heteroatoms. The van der Waals surface area contributed by atoms with E-state index in [-0.39, 0.29) is 16.1 Å². The molecule has 0 aliphatic carbocycles. The minimum absolute atomic E-state index is 0.128. The van der Waals surface area contributed by atoms with Crippen molar-refractivity contribution in [1.82, 2.24) is 5.32 Å². The van der Waals surface area contributed by atoms with Gasteiger partial charge in [-0.25, -0.2) is 0 Å². The van der Waals surface area contributed by atoms with Gasteiger partial charge in [-0.3, -0.25) is 10.1 Å². The van der Waals surface area contributed by atoms with Gasteiger partial charge in [-0.15, -0.1) is 0 Å². The van der Waals surface area contributed by atoms with Crippen molar-refractivity contribution in [2.75, 3.05) is 24.5 Å². The molecule has 0 saturated carbocycles. The lowest BCUT2D eigenvalue weighted by Gasteiger charge is -2.44. The normalized spacial score (nSPS) is 18.7. The Kier molecular flexibility index (Phi) is 3.59. The first kappa shape index (κ1) is 13.3. The SMILES string of the molecule is CC1(C)CNCCN1c1ccc(Br)cc1[N+](=O)[O-]. The van der Waals surface area contributed by atoms with E-state index < -0.39 is 0 Å². The predicted molar refractivity (Wildman–Crippen MR) is 75.1 cm³/mol. The number of hydrogen-bond donors (Lipinski definition) is 1. The molecule has 1 aliphatic rings. The van der Waals surface area contributed by atoms with E-state index in [0.717, 1.165) is 24.1 Å². The number of halogens is 1. The highest BCUT2D eigenvalue weighted by Crippen LogP contribution is 2.35. The van der Waals surface area contributed by atoms with E-state index in [9.17, 15) is 10.1 Å². The Hall–Kier alpha value is -1.14. The van der Waals surface area contributed by atoms with E-state index >= 15 is 0 Å². The molecular formula is C12H16BrN3O2. The van der Waals surface area contributed by atoms with Crippen LogP contribution in [-0.2, 0) is 0 Å². The highest BCUT2D eigenvalue weighted by Gasteiger charge is 2.33. The highest BCUT2D eigenvalue weighted by molar-refractivity contribution is 9.10. The Balaban J connectivity index is 2.46. The van der Waals surface area contributed by atoms with Crippen LogP contribution >= 0.6 is 15.9 Å². The third kappa shape index (κ3) is 2.49. The van der Waals surface area contributed by atoms with Crippen LogP contribution in [-0.4, -0.2) is 30.1 Å². The summed E-state index contributed by atoms with van der Waals surface area (Å²) in [6.45, 7) is 6.61. The molecule has 1 saturated heterocycles. The van der Waals surface area contributed by atoms with E-state index in [1.165, 1.54) is 0 Å². The van der Waals surface area contributed by atoms with E-state index in [2.05, 4.69) is 40.0 Å². The van der Waals surface area contributed by atoms with Crippen LogP contribution in [0.2, 0.25) is 0 Å². The molecule has 0 bridgehead atoms. The number of nitro groups is 1. The number of nitrogens with zero attached hydrogens (tertiary/aromatic N) is 2. The molecule has 0 radical (unpaired) electrons. The molecule has 2 rings (SSSR count). The lowest BCUT2D eigenvalue weighted by Crippen LogP contribution is -2.58. The first-order chi connectivity index (χ1) is 8.42. The molecule has 1 heterocycles.